The van der Waals surface area contributed by atoms with Crippen LogP contribution >= 0.6 is 11.3 Å². The third-order valence-corrected chi connectivity index (χ3v) is 2.80. The largest absolute Gasteiger partial charge is 0.344 e. The maximum Gasteiger partial charge on any atom is 0.263 e. The number of carbonyl (C=O) groups is 1. The van der Waals surface area contributed by atoms with Crippen LogP contribution in [0.3, 0.4) is 0 Å². The molecule has 3 nitrogen and oxygen atoms in total. The van der Waals surface area contributed by atoms with Crippen molar-refractivity contribution in [3.8, 4) is 0 Å². The van der Waals surface area contributed by atoms with Crippen LogP contribution < -0.4 is 5.73 Å². The summed E-state index contributed by atoms with van der Waals surface area (Å²) >= 11 is 1.52. The van der Waals surface area contributed by atoms with Crippen molar-refractivity contribution in [2.24, 2.45) is 5.73 Å². The summed E-state index contributed by atoms with van der Waals surface area (Å²) in [7, 11) is 3.51. The molecule has 0 spiro atoms. The van der Waals surface area contributed by atoms with Crippen LogP contribution in [-0.2, 0) is 6.42 Å². The Hall–Kier alpha value is -0.870. The fourth-order valence-electron chi connectivity index (χ4n) is 0.990. The minimum atomic E-state index is 0.0632. The van der Waals surface area contributed by atoms with Crippen molar-refractivity contribution >= 4 is 17.2 Å². The molecule has 0 saturated carbocycles. The lowest BCUT2D eigenvalue weighted by atomic mass is 10.3. The lowest BCUT2D eigenvalue weighted by molar-refractivity contribution is 0.0832. The number of hydrogen-bond donors (Lipinski definition) is 1. The number of nitrogens with two attached hydrogens (primary N) is 1. The van der Waals surface area contributed by atoms with Gasteiger partial charge in [-0.15, -0.1) is 11.3 Å². The van der Waals surface area contributed by atoms with Gasteiger partial charge in [-0.2, -0.15) is 0 Å². The van der Waals surface area contributed by atoms with Crippen LogP contribution in [0.5, 0.6) is 0 Å². The molecule has 1 amide bonds. The Bertz CT molecular complexity index is 294. The van der Waals surface area contributed by atoms with E-state index in [1.807, 2.05) is 12.1 Å². The predicted molar refractivity (Wildman–Crippen MR) is 55.1 cm³/mol. The summed E-state index contributed by atoms with van der Waals surface area (Å²) in [4.78, 5) is 15.0. The second kappa shape index (κ2) is 4.39. The Morgan fingerprint density at radius 3 is 2.77 bits per heavy atom. The van der Waals surface area contributed by atoms with Crippen LogP contribution in [0.2, 0.25) is 0 Å². The lowest BCUT2D eigenvalue weighted by Crippen LogP contribution is -2.20. The second-order valence-corrected chi connectivity index (χ2v) is 4.17. The van der Waals surface area contributed by atoms with E-state index in [9.17, 15) is 4.79 Å². The molecular weight excluding hydrogens is 184 g/mol. The van der Waals surface area contributed by atoms with Gasteiger partial charge < -0.3 is 10.6 Å². The van der Waals surface area contributed by atoms with Gasteiger partial charge in [-0.1, -0.05) is 0 Å². The fraction of sp³-hybridized carbons (Fsp3) is 0.444. The molecule has 1 aromatic rings. The Kier molecular flexibility index (Phi) is 3.45. The maximum absolute atomic E-state index is 11.5. The van der Waals surface area contributed by atoms with Gasteiger partial charge in [0, 0.05) is 19.0 Å². The van der Waals surface area contributed by atoms with Crippen molar-refractivity contribution in [2.75, 3.05) is 20.6 Å². The van der Waals surface area contributed by atoms with Crippen molar-refractivity contribution in [2.45, 2.75) is 6.42 Å². The molecule has 72 valence electrons. The van der Waals surface area contributed by atoms with Gasteiger partial charge in [-0.25, -0.2) is 0 Å². The molecule has 0 aromatic carbocycles. The fourth-order valence-corrected chi connectivity index (χ4v) is 2.03. The summed E-state index contributed by atoms with van der Waals surface area (Å²) < 4.78 is 0. The van der Waals surface area contributed by atoms with Crippen molar-refractivity contribution in [3.63, 3.8) is 0 Å². The highest BCUT2D eigenvalue weighted by Gasteiger charge is 2.10. The summed E-state index contributed by atoms with van der Waals surface area (Å²) in [5.74, 6) is 0.0632. The van der Waals surface area contributed by atoms with Crippen molar-refractivity contribution in [1.29, 1.82) is 0 Å². The molecule has 13 heavy (non-hydrogen) atoms. The summed E-state index contributed by atoms with van der Waals surface area (Å²) in [6.45, 7) is 0.635. The van der Waals surface area contributed by atoms with Crippen LogP contribution in [-0.4, -0.2) is 31.4 Å². The normalized spacial score (nSPS) is 10.1. The highest BCUT2D eigenvalue weighted by molar-refractivity contribution is 7.14. The maximum atomic E-state index is 11.5. The molecule has 0 unspecified atom stereocenters. The first-order valence-electron chi connectivity index (χ1n) is 4.15. The standard InChI is InChI=1S/C9H14N2OS/c1-11(2)9(12)8-4-3-7(13-8)5-6-10/h3-4H,5-6,10H2,1-2H3. The van der Waals surface area contributed by atoms with Crippen molar-refractivity contribution < 1.29 is 4.79 Å². The molecule has 1 rings (SSSR count). The van der Waals surface area contributed by atoms with Gasteiger partial charge in [0.05, 0.1) is 4.88 Å². The van der Waals surface area contributed by atoms with Crippen LogP contribution in [0.25, 0.3) is 0 Å². The first-order valence-corrected chi connectivity index (χ1v) is 4.97. The quantitative estimate of drug-likeness (QED) is 0.786. The van der Waals surface area contributed by atoms with E-state index in [0.29, 0.717) is 6.54 Å². The first kappa shape index (κ1) is 10.2. The van der Waals surface area contributed by atoms with E-state index in [-0.39, 0.29) is 5.91 Å². The molecule has 0 saturated heterocycles. The zero-order chi connectivity index (χ0) is 9.84. The highest BCUT2D eigenvalue weighted by Crippen LogP contribution is 2.17. The van der Waals surface area contributed by atoms with Crippen molar-refractivity contribution in [1.82, 2.24) is 4.90 Å². The lowest BCUT2D eigenvalue weighted by Gasteiger charge is -2.07. The molecule has 0 radical (unpaired) electrons. The number of amides is 1. The zero-order valence-corrected chi connectivity index (χ0v) is 8.73. The van der Waals surface area contributed by atoms with Gasteiger partial charge in [-0.3, -0.25) is 4.79 Å². The van der Waals surface area contributed by atoms with Gasteiger partial charge >= 0.3 is 0 Å². The first-order chi connectivity index (χ1) is 6.15. The van der Waals surface area contributed by atoms with Crippen LogP contribution in [0, 0.1) is 0 Å². The summed E-state index contributed by atoms with van der Waals surface area (Å²) in [5.41, 5.74) is 5.42. The van der Waals surface area contributed by atoms with Gasteiger partial charge in [0.2, 0.25) is 0 Å². The van der Waals surface area contributed by atoms with Gasteiger partial charge in [0.1, 0.15) is 0 Å². The third kappa shape index (κ3) is 2.54. The Morgan fingerprint density at radius 1 is 1.54 bits per heavy atom. The molecule has 2 N–H and O–H groups in total. The molecule has 0 aliphatic rings. The monoisotopic (exact) mass is 198 g/mol. The van der Waals surface area contributed by atoms with Crippen LogP contribution in [0.15, 0.2) is 12.1 Å². The van der Waals surface area contributed by atoms with Gasteiger partial charge in [-0.05, 0) is 25.1 Å². The van der Waals surface area contributed by atoms with Gasteiger partial charge in [0.15, 0.2) is 0 Å². The Labute approximate surface area is 82.2 Å². The third-order valence-electron chi connectivity index (χ3n) is 1.67. The summed E-state index contributed by atoms with van der Waals surface area (Å²) in [5, 5.41) is 0. The number of thiophene rings is 1. The molecule has 1 aromatic heterocycles. The van der Waals surface area contributed by atoms with E-state index in [1.54, 1.807) is 19.0 Å². The van der Waals surface area contributed by atoms with Gasteiger partial charge in [0.25, 0.3) is 5.91 Å². The second-order valence-electron chi connectivity index (χ2n) is 3.00. The number of hydrogen-bond acceptors (Lipinski definition) is 3. The molecule has 0 bridgehead atoms. The van der Waals surface area contributed by atoms with E-state index in [1.165, 1.54) is 16.2 Å². The van der Waals surface area contributed by atoms with E-state index in [2.05, 4.69) is 0 Å². The van der Waals surface area contributed by atoms with E-state index in [0.717, 1.165) is 11.3 Å². The topological polar surface area (TPSA) is 46.3 Å². The molecular formula is C9H14N2OS. The molecule has 0 fully saturated rings. The Morgan fingerprint density at radius 2 is 2.23 bits per heavy atom. The predicted octanol–water partition coefficient (Wildman–Crippen LogP) is 0.951. The highest BCUT2D eigenvalue weighted by atomic mass is 32.1. The van der Waals surface area contributed by atoms with E-state index in [4.69, 9.17) is 5.73 Å². The summed E-state index contributed by atoms with van der Waals surface area (Å²) in [6.07, 6.45) is 0.853. The molecule has 4 heteroatoms. The average Bonchev–Trinajstić information content (AvgIpc) is 2.52. The van der Waals surface area contributed by atoms with Crippen LogP contribution in [0.1, 0.15) is 14.5 Å². The molecule has 0 atom stereocenters. The number of carbonyl (C=O) groups excluding carboxylic acids is 1. The molecule has 1 heterocycles. The van der Waals surface area contributed by atoms with E-state index < -0.39 is 0 Å². The minimum Gasteiger partial charge on any atom is -0.344 e. The minimum absolute atomic E-state index is 0.0632. The SMILES string of the molecule is CN(C)C(=O)c1ccc(CCN)s1. The van der Waals surface area contributed by atoms with Crippen LogP contribution in [0.4, 0.5) is 0 Å². The summed E-state index contributed by atoms with van der Waals surface area (Å²) in [6, 6.07) is 3.83. The smallest absolute Gasteiger partial charge is 0.263 e. The molecule has 0 aliphatic heterocycles. The average molecular weight is 198 g/mol. The number of nitrogens with zero attached hydrogens (tertiary/aromatic N) is 1. The zero-order valence-electron chi connectivity index (χ0n) is 7.91. The molecule has 0 aliphatic carbocycles. The van der Waals surface area contributed by atoms with E-state index >= 15 is 0 Å². The number of rotatable bonds is 3. The Balaban J connectivity index is 2.73. The van der Waals surface area contributed by atoms with Crippen molar-refractivity contribution in [3.05, 3.63) is 21.9 Å².